The van der Waals surface area contributed by atoms with E-state index in [4.69, 9.17) is 28.3 Å². The van der Waals surface area contributed by atoms with Gasteiger partial charge in [-0.25, -0.2) is 4.79 Å². The van der Waals surface area contributed by atoms with Crippen LogP contribution in [0.25, 0.3) is 0 Å². The normalized spacial score (nSPS) is 39.4. The number of nitrogens with zero attached hydrogens (tertiary/aromatic N) is 1. The van der Waals surface area contributed by atoms with E-state index in [1.54, 1.807) is 7.05 Å². The lowest BCUT2D eigenvalue weighted by atomic mass is 10.2. The average molecular weight is 198 g/mol. The Morgan fingerprint density at radius 2 is 2.36 bits per heavy atom. The van der Waals surface area contributed by atoms with Gasteiger partial charge in [-0.15, -0.1) is 11.6 Å². The first-order valence-electron chi connectivity index (χ1n) is 3.28. The molecule has 0 aromatic rings. The van der Waals surface area contributed by atoms with Crippen molar-refractivity contribution in [3.05, 3.63) is 0 Å². The van der Waals surface area contributed by atoms with Crippen molar-refractivity contribution < 1.29 is 9.90 Å². The fourth-order valence-electron chi connectivity index (χ4n) is 1.16. The van der Waals surface area contributed by atoms with Gasteiger partial charge < -0.3 is 5.11 Å². The number of halogens is 2. The van der Waals surface area contributed by atoms with Gasteiger partial charge in [0.2, 0.25) is 0 Å². The third-order valence-electron chi connectivity index (χ3n) is 2.02. The zero-order chi connectivity index (χ0) is 8.65. The number of carboxylic acid groups (broad SMARTS) is 1. The molecule has 0 spiro atoms. The predicted octanol–water partition coefficient (Wildman–Crippen LogP) is 1.30. The van der Waals surface area contributed by atoms with E-state index in [0.717, 1.165) is 0 Å². The van der Waals surface area contributed by atoms with Gasteiger partial charge in [-0.1, -0.05) is 11.6 Å². The van der Waals surface area contributed by atoms with E-state index in [2.05, 4.69) is 0 Å². The first-order valence-corrected chi connectivity index (χ1v) is 4.09. The predicted molar refractivity (Wildman–Crippen MR) is 42.9 cm³/mol. The second-order valence-electron chi connectivity index (χ2n) is 2.65. The summed E-state index contributed by atoms with van der Waals surface area (Å²) in [5.74, 6) is -1.02. The molecule has 2 unspecified atom stereocenters. The molecule has 0 saturated carbocycles. The van der Waals surface area contributed by atoms with Crippen LogP contribution in [0.4, 0.5) is 0 Å². The molecule has 1 heterocycles. The SMILES string of the molecule is CN1C(Cl)CCC1(Cl)C(=O)O. The Labute approximate surface area is 74.9 Å². The van der Waals surface area contributed by atoms with E-state index in [9.17, 15) is 4.79 Å². The molecule has 0 aromatic heterocycles. The number of alkyl halides is 2. The third kappa shape index (κ3) is 1.33. The maximum Gasteiger partial charge on any atom is 0.339 e. The van der Waals surface area contributed by atoms with Crippen molar-refractivity contribution in [1.82, 2.24) is 4.90 Å². The molecule has 5 heteroatoms. The van der Waals surface area contributed by atoms with Crippen LogP contribution in [0.5, 0.6) is 0 Å². The molecular weight excluding hydrogens is 189 g/mol. The average Bonchev–Trinajstić information content (AvgIpc) is 2.18. The summed E-state index contributed by atoms with van der Waals surface area (Å²) in [7, 11) is 1.62. The number of hydrogen-bond donors (Lipinski definition) is 1. The van der Waals surface area contributed by atoms with E-state index in [0.29, 0.717) is 12.8 Å². The molecule has 1 saturated heterocycles. The summed E-state index contributed by atoms with van der Waals surface area (Å²) >= 11 is 11.6. The Bertz CT molecular complexity index is 187. The highest BCUT2D eigenvalue weighted by Gasteiger charge is 2.48. The summed E-state index contributed by atoms with van der Waals surface area (Å²) in [6.07, 6.45) is 1.02. The van der Waals surface area contributed by atoms with Crippen molar-refractivity contribution in [2.45, 2.75) is 23.3 Å². The molecule has 1 N–H and O–H groups in total. The summed E-state index contributed by atoms with van der Waals surface area (Å²) in [6, 6.07) is 0. The fourth-order valence-corrected chi connectivity index (χ4v) is 1.71. The van der Waals surface area contributed by atoms with Gasteiger partial charge in [-0.05, 0) is 19.9 Å². The highest BCUT2D eigenvalue weighted by Crippen LogP contribution is 2.37. The lowest BCUT2D eigenvalue weighted by molar-refractivity contribution is -0.144. The summed E-state index contributed by atoms with van der Waals surface area (Å²) in [5, 5.41) is 8.73. The monoisotopic (exact) mass is 197 g/mol. The smallest absolute Gasteiger partial charge is 0.339 e. The standard InChI is InChI=1S/C6H9Cl2NO2/c1-9-4(7)2-3-6(9,8)5(10)11/h4H,2-3H2,1H3,(H,10,11). The van der Waals surface area contributed by atoms with Gasteiger partial charge in [0.05, 0.1) is 5.50 Å². The number of hydrogen-bond acceptors (Lipinski definition) is 2. The third-order valence-corrected chi connectivity index (χ3v) is 3.15. The maximum atomic E-state index is 10.6. The molecular formula is C6H9Cl2NO2. The Morgan fingerprint density at radius 1 is 1.82 bits per heavy atom. The van der Waals surface area contributed by atoms with E-state index in [1.165, 1.54) is 4.90 Å². The van der Waals surface area contributed by atoms with Crippen molar-refractivity contribution in [3.63, 3.8) is 0 Å². The minimum Gasteiger partial charge on any atom is -0.479 e. The van der Waals surface area contributed by atoms with Crippen LogP contribution in [0, 0.1) is 0 Å². The van der Waals surface area contributed by atoms with E-state index >= 15 is 0 Å². The molecule has 1 fully saturated rings. The van der Waals surface area contributed by atoms with Crippen LogP contribution < -0.4 is 0 Å². The highest BCUT2D eigenvalue weighted by atomic mass is 35.5. The summed E-state index contributed by atoms with van der Waals surface area (Å²) in [4.78, 5) is 10.8. The molecule has 1 aliphatic heterocycles. The van der Waals surface area contributed by atoms with Crippen LogP contribution in [0.15, 0.2) is 0 Å². The molecule has 0 aliphatic carbocycles. The second-order valence-corrected chi connectivity index (χ2v) is 3.78. The van der Waals surface area contributed by atoms with Gasteiger partial charge >= 0.3 is 5.97 Å². The molecule has 0 amide bonds. The van der Waals surface area contributed by atoms with E-state index in [1.807, 2.05) is 0 Å². The van der Waals surface area contributed by atoms with Crippen molar-refractivity contribution in [3.8, 4) is 0 Å². The van der Waals surface area contributed by atoms with Crippen molar-refractivity contribution in [2.75, 3.05) is 7.05 Å². The number of likely N-dealkylation sites (tertiary alicyclic amines) is 1. The first kappa shape index (κ1) is 9.10. The minimum absolute atomic E-state index is 0.261. The van der Waals surface area contributed by atoms with Crippen molar-refractivity contribution in [1.29, 1.82) is 0 Å². The maximum absolute atomic E-state index is 10.6. The Balaban J connectivity index is 2.81. The van der Waals surface area contributed by atoms with Gasteiger partial charge in [-0.3, -0.25) is 4.90 Å². The molecule has 11 heavy (non-hydrogen) atoms. The topological polar surface area (TPSA) is 40.5 Å². The largest absolute Gasteiger partial charge is 0.479 e. The Hall–Kier alpha value is 0.01000. The number of aliphatic carboxylic acids is 1. The van der Waals surface area contributed by atoms with Gasteiger partial charge in [-0.2, -0.15) is 0 Å². The molecule has 0 aromatic carbocycles. The quantitative estimate of drug-likeness (QED) is 0.509. The Kier molecular flexibility index (Phi) is 2.32. The van der Waals surface area contributed by atoms with Crippen LogP contribution >= 0.6 is 23.2 Å². The van der Waals surface area contributed by atoms with Crippen molar-refractivity contribution in [2.24, 2.45) is 0 Å². The van der Waals surface area contributed by atoms with Gasteiger partial charge in [0.1, 0.15) is 0 Å². The van der Waals surface area contributed by atoms with Crippen LogP contribution in [0.3, 0.4) is 0 Å². The summed E-state index contributed by atoms with van der Waals surface area (Å²) < 4.78 is 0. The fraction of sp³-hybridized carbons (Fsp3) is 0.833. The summed E-state index contributed by atoms with van der Waals surface area (Å²) in [5.41, 5.74) is -0.261. The van der Waals surface area contributed by atoms with Crippen LogP contribution in [-0.4, -0.2) is 33.5 Å². The molecule has 0 bridgehead atoms. The number of rotatable bonds is 1. The zero-order valence-corrected chi connectivity index (χ0v) is 7.56. The van der Waals surface area contributed by atoms with Crippen LogP contribution in [-0.2, 0) is 4.79 Å². The van der Waals surface area contributed by atoms with Gasteiger partial charge in [0, 0.05) is 0 Å². The number of carboxylic acids is 1. The summed E-state index contributed by atoms with van der Waals surface area (Å²) in [6.45, 7) is 0. The van der Waals surface area contributed by atoms with E-state index in [-0.39, 0.29) is 5.50 Å². The molecule has 1 rings (SSSR count). The van der Waals surface area contributed by atoms with Crippen LogP contribution in [0.1, 0.15) is 12.8 Å². The number of carbonyl (C=O) groups is 1. The number of likely N-dealkylation sites (N-methyl/N-ethyl adjacent to an activating group) is 1. The molecule has 1 aliphatic rings. The molecule has 2 atom stereocenters. The van der Waals surface area contributed by atoms with Crippen molar-refractivity contribution >= 4 is 29.2 Å². The van der Waals surface area contributed by atoms with Crippen LogP contribution in [0.2, 0.25) is 0 Å². The lowest BCUT2D eigenvalue weighted by Crippen LogP contribution is -2.45. The van der Waals surface area contributed by atoms with E-state index < -0.39 is 11.0 Å². The Morgan fingerprint density at radius 3 is 2.55 bits per heavy atom. The van der Waals surface area contributed by atoms with Gasteiger partial charge in [0.15, 0.2) is 5.00 Å². The van der Waals surface area contributed by atoms with Gasteiger partial charge in [0.25, 0.3) is 0 Å². The first-order chi connectivity index (χ1) is 4.98. The second kappa shape index (κ2) is 2.81. The lowest BCUT2D eigenvalue weighted by Gasteiger charge is -2.26. The zero-order valence-electron chi connectivity index (χ0n) is 6.05. The highest BCUT2D eigenvalue weighted by molar-refractivity contribution is 6.34. The molecule has 0 radical (unpaired) electrons. The molecule has 3 nitrogen and oxygen atoms in total. The molecule has 64 valence electrons. The minimum atomic E-state index is -1.29.